The van der Waals surface area contributed by atoms with Gasteiger partial charge in [-0.1, -0.05) is 31.0 Å². The lowest BCUT2D eigenvalue weighted by molar-refractivity contribution is 0.0779. The van der Waals surface area contributed by atoms with Gasteiger partial charge in [0, 0.05) is 38.1 Å². The Hall–Kier alpha value is -2.67. The molecule has 2 aromatic rings. The molecule has 1 spiro atoms. The number of benzene rings is 1. The standard InChI is InChI=1S/C23H30N6O/c1-2-29-13-11-20(27-29)21(30)28-14-12-23(16-28)22(25-18-8-4-5-9-18)26-19-10-6-3-7-17(19)15-24-23/h3,6-7,10-11,13,18,24H,2,4-5,8-9,12,14-16H2,1H3,(H,25,26). The molecule has 1 saturated carbocycles. The van der Waals surface area contributed by atoms with Crippen LogP contribution >= 0.6 is 0 Å². The van der Waals surface area contributed by atoms with Crippen molar-refractivity contribution in [1.29, 1.82) is 0 Å². The van der Waals surface area contributed by atoms with Crippen molar-refractivity contribution in [3.63, 3.8) is 0 Å². The van der Waals surface area contributed by atoms with Crippen molar-refractivity contribution >= 4 is 17.4 Å². The van der Waals surface area contributed by atoms with E-state index < -0.39 is 0 Å². The van der Waals surface area contributed by atoms with E-state index in [0.717, 1.165) is 43.9 Å². The summed E-state index contributed by atoms with van der Waals surface area (Å²) >= 11 is 0. The smallest absolute Gasteiger partial charge is 0.274 e. The zero-order chi connectivity index (χ0) is 20.6. The van der Waals surface area contributed by atoms with Crippen molar-refractivity contribution < 1.29 is 4.79 Å². The number of aryl methyl sites for hydroxylation is 1. The predicted molar refractivity (Wildman–Crippen MR) is 118 cm³/mol. The summed E-state index contributed by atoms with van der Waals surface area (Å²) < 4.78 is 1.80. The van der Waals surface area contributed by atoms with Crippen LogP contribution in [0.1, 0.15) is 55.1 Å². The maximum Gasteiger partial charge on any atom is 0.274 e. The largest absolute Gasteiger partial charge is 0.342 e. The fourth-order valence-corrected chi connectivity index (χ4v) is 4.90. The molecule has 0 radical (unpaired) electrons. The fraction of sp³-hybridized carbons (Fsp3) is 0.522. The van der Waals surface area contributed by atoms with E-state index in [2.05, 4.69) is 40.0 Å². The number of aliphatic imine (C=N–C) groups is 1. The minimum Gasteiger partial charge on any atom is -0.342 e. The average Bonchev–Trinajstić information content (AvgIpc) is 3.51. The molecule has 1 atom stereocenters. The second kappa shape index (κ2) is 7.87. The fourth-order valence-electron chi connectivity index (χ4n) is 4.90. The zero-order valence-electron chi connectivity index (χ0n) is 17.6. The number of fused-ring (bicyclic) bond motifs is 1. The van der Waals surface area contributed by atoms with Crippen molar-refractivity contribution in [2.45, 2.75) is 63.7 Å². The molecular formula is C23H30N6O. The molecule has 3 aliphatic rings. The lowest BCUT2D eigenvalue weighted by Crippen LogP contribution is -2.55. The van der Waals surface area contributed by atoms with Crippen LogP contribution in [0.15, 0.2) is 41.5 Å². The van der Waals surface area contributed by atoms with Crippen LogP contribution in [0.2, 0.25) is 0 Å². The molecule has 158 valence electrons. The molecule has 2 fully saturated rings. The van der Waals surface area contributed by atoms with Gasteiger partial charge in [-0.2, -0.15) is 5.10 Å². The highest BCUT2D eigenvalue weighted by Gasteiger charge is 2.46. The number of carbonyl (C=O) groups is 1. The van der Waals surface area contributed by atoms with E-state index in [4.69, 9.17) is 4.99 Å². The van der Waals surface area contributed by atoms with Crippen molar-refractivity contribution in [2.24, 2.45) is 4.99 Å². The van der Waals surface area contributed by atoms with Gasteiger partial charge in [-0.05, 0) is 43.9 Å². The summed E-state index contributed by atoms with van der Waals surface area (Å²) in [5.41, 5.74) is 2.53. The van der Waals surface area contributed by atoms with Crippen LogP contribution in [-0.4, -0.2) is 51.1 Å². The van der Waals surface area contributed by atoms with E-state index in [0.29, 0.717) is 24.8 Å². The molecule has 1 amide bonds. The second-order valence-electron chi connectivity index (χ2n) is 8.67. The highest BCUT2D eigenvalue weighted by atomic mass is 16.2. The normalized spacial score (nSPS) is 25.5. The minimum atomic E-state index is -0.343. The van der Waals surface area contributed by atoms with Gasteiger partial charge < -0.3 is 10.2 Å². The molecule has 30 heavy (non-hydrogen) atoms. The monoisotopic (exact) mass is 406 g/mol. The van der Waals surface area contributed by atoms with E-state index in [-0.39, 0.29) is 11.4 Å². The first kappa shape index (κ1) is 19.3. The maximum atomic E-state index is 13.1. The molecule has 7 nitrogen and oxygen atoms in total. The number of carbonyl (C=O) groups excluding carboxylic acids is 1. The Balaban J connectivity index is 1.44. The minimum absolute atomic E-state index is 0.00264. The summed E-state index contributed by atoms with van der Waals surface area (Å²) in [6, 6.07) is 10.6. The number of amidine groups is 1. The van der Waals surface area contributed by atoms with Crippen molar-refractivity contribution in [3.05, 3.63) is 47.8 Å². The van der Waals surface area contributed by atoms with Crippen LogP contribution < -0.4 is 10.6 Å². The number of likely N-dealkylation sites (tertiary alicyclic amines) is 1. The Morgan fingerprint density at radius 1 is 1.27 bits per heavy atom. The first-order valence-electron chi connectivity index (χ1n) is 11.2. The topological polar surface area (TPSA) is 74.6 Å². The molecule has 5 rings (SSSR count). The number of para-hydroxylation sites is 1. The average molecular weight is 407 g/mol. The summed E-state index contributed by atoms with van der Waals surface area (Å²) in [5, 5.41) is 11.9. The molecule has 2 N–H and O–H groups in total. The Kier molecular flexibility index (Phi) is 5.06. The molecule has 1 saturated heterocycles. The van der Waals surface area contributed by atoms with Gasteiger partial charge in [0.2, 0.25) is 0 Å². The molecular weight excluding hydrogens is 376 g/mol. The lowest BCUT2D eigenvalue weighted by Gasteiger charge is -2.31. The van der Waals surface area contributed by atoms with Crippen LogP contribution in [0, 0.1) is 0 Å². The number of amides is 1. The number of aromatic nitrogens is 2. The third kappa shape index (κ3) is 3.51. The Morgan fingerprint density at radius 3 is 2.90 bits per heavy atom. The van der Waals surface area contributed by atoms with E-state index in [9.17, 15) is 4.79 Å². The second-order valence-corrected chi connectivity index (χ2v) is 8.67. The van der Waals surface area contributed by atoms with Crippen molar-refractivity contribution in [3.8, 4) is 0 Å². The molecule has 1 unspecified atom stereocenters. The predicted octanol–water partition coefficient (Wildman–Crippen LogP) is 3.04. The van der Waals surface area contributed by atoms with Gasteiger partial charge in [0.15, 0.2) is 0 Å². The first-order chi connectivity index (χ1) is 14.7. The number of rotatable bonds is 3. The Labute approximate surface area is 177 Å². The molecule has 1 aliphatic carbocycles. The van der Waals surface area contributed by atoms with Crippen LogP contribution in [-0.2, 0) is 13.1 Å². The van der Waals surface area contributed by atoms with Crippen molar-refractivity contribution in [2.75, 3.05) is 18.4 Å². The van der Waals surface area contributed by atoms with Gasteiger partial charge in [0.25, 0.3) is 5.91 Å². The first-order valence-corrected chi connectivity index (χ1v) is 11.2. The van der Waals surface area contributed by atoms with E-state index in [1.165, 1.54) is 18.4 Å². The van der Waals surface area contributed by atoms with E-state index >= 15 is 0 Å². The molecule has 3 heterocycles. The molecule has 2 aliphatic heterocycles. The number of hydrogen-bond donors (Lipinski definition) is 2. The highest BCUT2D eigenvalue weighted by molar-refractivity contribution is 6.05. The van der Waals surface area contributed by atoms with Gasteiger partial charge >= 0.3 is 0 Å². The van der Waals surface area contributed by atoms with Gasteiger partial charge in [-0.15, -0.1) is 0 Å². The summed E-state index contributed by atoms with van der Waals surface area (Å²) in [6.45, 7) is 4.86. The molecule has 7 heteroatoms. The van der Waals surface area contributed by atoms with Gasteiger partial charge in [0.1, 0.15) is 11.5 Å². The quantitative estimate of drug-likeness (QED) is 0.822. The van der Waals surface area contributed by atoms with Gasteiger partial charge in [0.05, 0.1) is 11.6 Å². The van der Waals surface area contributed by atoms with Crippen LogP contribution in [0.3, 0.4) is 0 Å². The van der Waals surface area contributed by atoms with Crippen LogP contribution in [0.5, 0.6) is 0 Å². The Morgan fingerprint density at radius 2 is 2.10 bits per heavy atom. The van der Waals surface area contributed by atoms with Gasteiger partial charge in [-0.3, -0.25) is 19.8 Å². The lowest BCUT2D eigenvalue weighted by atomic mass is 9.96. The highest BCUT2D eigenvalue weighted by Crippen LogP contribution is 2.32. The molecule has 0 bridgehead atoms. The molecule has 1 aromatic heterocycles. The Bertz CT molecular complexity index is 960. The maximum absolute atomic E-state index is 13.1. The summed E-state index contributed by atoms with van der Waals surface area (Å²) in [6.07, 6.45) is 7.53. The van der Waals surface area contributed by atoms with Gasteiger partial charge in [-0.25, -0.2) is 0 Å². The number of nitrogens with zero attached hydrogens (tertiary/aromatic N) is 4. The summed E-state index contributed by atoms with van der Waals surface area (Å²) in [5.74, 6) is 0.997. The number of hydrogen-bond acceptors (Lipinski definition) is 4. The molecule has 1 aromatic carbocycles. The van der Waals surface area contributed by atoms with Crippen molar-refractivity contribution in [1.82, 2.24) is 20.0 Å². The summed E-state index contributed by atoms with van der Waals surface area (Å²) in [4.78, 5) is 20.2. The SMILES string of the molecule is CCn1ccc(C(=O)N2CCC3(C2)NCc2ccccc2NC3=NC2CCCC2)n1. The van der Waals surface area contributed by atoms with E-state index in [1.54, 1.807) is 4.68 Å². The van der Waals surface area contributed by atoms with Crippen LogP contribution in [0.4, 0.5) is 5.69 Å². The summed E-state index contributed by atoms with van der Waals surface area (Å²) in [7, 11) is 0. The number of anilines is 1. The third-order valence-electron chi connectivity index (χ3n) is 6.72. The van der Waals surface area contributed by atoms with Crippen LogP contribution in [0.25, 0.3) is 0 Å². The third-order valence-corrected chi connectivity index (χ3v) is 6.72. The van der Waals surface area contributed by atoms with E-state index in [1.807, 2.05) is 24.1 Å². The zero-order valence-corrected chi connectivity index (χ0v) is 17.6. The number of nitrogens with one attached hydrogen (secondary N) is 2.